The molecule has 0 spiro atoms. The van der Waals surface area contributed by atoms with Crippen LogP contribution in [0.3, 0.4) is 0 Å². The SMILES string of the molecule is COC1=C(C)C(=O)C=CC1(C)OC(=O)CC(=O)OC(C)(C)C. The molecule has 0 fully saturated rings. The van der Waals surface area contributed by atoms with Gasteiger partial charge in [-0.3, -0.25) is 14.4 Å². The third-order valence-corrected chi connectivity index (χ3v) is 2.95. The minimum absolute atomic E-state index is 0.211. The molecule has 0 heterocycles. The van der Waals surface area contributed by atoms with Crippen LogP contribution in [0, 0.1) is 0 Å². The van der Waals surface area contributed by atoms with Gasteiger partial charge in [-0.25, -0.2) is 0 Å². The first-order chi connectivity index (χ1) is 9.98. The number of allylic oxidation sites excluding steroid dienone is 2. The van der Waals surface area contributed by atoms with Crippen molar-refractivity contribution in [3.63, 3.8) is 0 Å². The zero-order valence-electron chi connectivity index (χ0n) is 13.8. The molecule has 6 nitrogen and oxygen atoms in total. The molecule has 0 aromatic rings. The number of hydrogen-bond donors (Lipinski definition) is 0. The highest BCUT2D eigenvalue weighted by Crippen LogP contribution is 2.31. The second-order valence-corrected chi connectivity index (χ2v) is 6.20. The second-order valence-electron chi connectivity index (χ2n) is 6.20. The highest BCUT2D eigenvalue weighted by Gasteiger charge is 2.38. The van der Waals surface area contributed by atoms with E-state index in [4.69, 9.17) is 14.2 Å². The molecule has 1 unspecified atom stereocenters. The maximum absolute atomic E-state index is 11.9. The molecule has 0 N–H and O–H groups in total. The van der Waals surface area contributed by atoms with Crippen molar-refractivity contribution in [2.24, 2.45) is 0 Å². The summed E-state index contributed by atoms with van der Waals surface area (Å²) in [5.74, 6) is -1.38. The van der Waals surface area contributed by atoms with Crippen molar-refractivity contribution in [1.82, 2.24) is 0 Å². The molecule has 0 saturated carbocycles. The van der Waals surface area contributed by atoms with Crippen LogP contribution in [0.5, 0.6) is 0 Å². The molecule has 6 heteroatoms. The third kappa shape index (κ3) is 4.44. The summed E-state index contributed by atoms with van der Waals surface area (Å²) in [6.07, 6.45) is 2.25. The lowest BCUT2D eigenvalue weighted by Gasteiger charge is -2.31. The Morgan fingerprint density at radius 2 is 1.82 bits per heavy atom. The number of rotatable bonds is 4. The summed E-state index contributed by atoms with van der Waals surface area (Å²) in [6.45, 7) is 8.31. The molecule has 1 aliphatic rings. The molecule has 0 saturated heterocycles. The van der Waals surface area contributed by atoms with Crippen LogP contribution in [0.25, 0.3) is 0 Å². The molecule has 0 radical (unpaired) electrons. The van der Waals surface area contributed by atoms with Gasteiger partial charge in [0.05, 0.1) is 7.11 Å². The molecule has 1 atom stereocenters. The molecular formula is C16H22O6. The summed E-state index contributed by atoms with van der Waals surface area (Å²) in [6, 6.07) is 0. The Morgan fingerprint density at radius 1 is 1.23 bits per heavy atom. The van der Waals surface area contributed by atoms with E-state index in [9.17, 15) is 14.4 Å². The van der Waals surface area contributed by atoms with Crippen molar-refractivity contribution in [2.75, 3.05) is 7.11 Å². The summed E-state index contributed by atoms with van der Waals surface area (Å²) in [7, 11) is 1.39. The zero-order valence-corrected chi connectivity index (χ0v) is 13.8. The van der Waals surface area contributed by atoms with Crippen LogP contribution in [0.1, 0.15) is 41.0 Å². The number of ether oxygens (including phenoxy) is 3. The number of methoxy groups -OCH3 is 1. The number of carbonyl (C=O) groups excluding carboxylic acids is 3. The van der Waals surface area contributed by atoms with E-state index >= 15 is 0 Å². The van der Waals surface area contributed by atoms with Gasteiger partial charge in [0.1, 0.15) is 17.8 Å². The Bertz CT molecular complexity index is 549. The lowest BCUT2D eigenvalue weighted by Crippen LogP contribution is -2.37. The topological polar surface area (TPSA) is 78.9 Å². The normalized spacial score (nSPS) is 21.6. The number of carbonyl (C=O) groups is 3. The van der Waals surface area contributed by atoms with Gasteiger partial charge in [0.25, 0.3) is 0 Å². The van der Waals surface area contributed by atoms with E-state index in [0.717, 1.165) is 0 Å². The van der Waals surface area contributed by atoms with Crippen LogP contribution < -0.4 is 0 Å². The molecule has 0 amide bonds. The molecule has 1 aliphatic carbocycles. The molecule has 0 aromatic carbocycles. The smallest absolute Gasteiger partial charge is 0.318 e. The van der Waals surface area contributed by atoms with Crippen molar-refractivity contribution in [2.45, 2.75) is 52.2 Å². The van der Waals surface area contributed by atoms with Gasteiger partial charge in [-0.15, -0.1) is 0 Å². The van der Waals surface area contributed by atoms with Crippen molar-refractivity contribution < 1.29 is 28.6 Å². The number of esters is 2. The molecule has 0 bridgehead atoms. The summed E-state index contributed by atoms with van der Waals surface area (Å²) in [5.41, 5.74) is -1.53. The Labute approximate surface area is 130 Å². The van der Waals surface area contributed by atoms with Crippen LogP contribution in [-0.2, 0) is 28.6 Å². The lowest BCUT2D eigenvalue weighted by atomic mass is 9.91. The number of hydrogen-bond acceptors (Lipinski definition) is 6. The van der Waals surface area contributed by atoms with Gasteiger partial charge >= 0.3 is 11.9 Å². The molecule has 22 heavy (non-hydrogen) atoms. The molecule has 122 valence electrons. The van der Waals surface area contributed by atoms with E-state index in [-0.39, 0.29) is 11.5 Å². The zero-order chi connectivity index (χ0) is 17.1. The van der Waals surface area contributed by atoms with E-state index in [1.807, 2.05) is 0 Å². The fraction of sp³-hybridized carbons (Fsp3) is 0.562. The Morgan fingerprint density at radius 3 is 2.32 bits per heavy atom. The highest BCUT2D eigenvalue weighted by molar-refractivity contribution is 6.05. The maximum atomic E-state index is 11.9. The predicted molar refractivity (Wildman–Crippen MR) is 78.8 cm³/mol. The fourth-order valence-electron chi connectivity index (χ4n) is 2.12. The Balaban J connectivity index is 2.81. The predicted octanol–water partition coefficient (Wildman–Crippen LogP) is 2.08. The van der Waals surface area contributed by atoms with E-state index < -0.39 is 29.6 Å². The second kappa shape index (κ2) is 6.34. The van der Waals surface area contributed by atoms with Gasteiger partial charge in [0.15, 0.2) is 11.4 Å². The minimum atomic E-state index is -1.22. The molecule has 0 aliphatic heterocycles. The number of ketones is 1. The van der Waals surface area contributed by atoms with Crippen LogP contribution >= 0.6 is 0 Å². The van der Waals surface area contributed by atoms with Crippen molar-refractivity contribution in [3.05, 3.63) is 23.5 Å². The van der Waals surface area contributed by atoms with Crippen LogP contribution in [0.2, 0.25) is 0 Å². The standard InChI is InChI=1S/C16H22O6/c1-10-11(17)7-8-16(5,14(10)20-6)22-13(19)9-12(18)21-15(2,3)4/h7-8H,9H2,1-6H3. The summed E-state index contributed by atoms with van der Waals surface area (Å²) in [5, 5.41) is 0. The van der Waals surface area contributed by atoms with Crippen LogP contribution in [-0.4, -0.2) is 36.0 Å². The van der Waals surface area contributed by atoms with Gasteiger partial charge < -0.3 is 14.2 Å². The first kappa shape index (κ1) is 17.9. The molecular weight excluding hydrogens is 288 g/mol. The van der Waals surface area contributed by atoms with Gasteiger partial charge in [0, 0.05) is 5.57 Å². The largest absolute Gasteiger partial charge is 0.496 e. The van der Waals surface area contributed by atoms with Crippen molar-refractivity contribution in [1.29, 1.82) is 0 Å². The van der Waals surface area contributed by atoms with E-state index in [1.54, 1.807) is 34.6 Å². The van der Waals surface area contributed by atoms with Gasteiger partial charge in [-0.2, -0.15) is 0 Å². The van der Waals surface area contributed by atoms with Gasteiger partial charge in [-0.1, -0.05) is 0 Å². The fourth-order valence-corrected chi connectivity index (χ4v) is 2.12. The summed E-state index contributed by atoms with van der Waals surface area (Å²) in [4.78, 5) is 35.2. The van der Waals surface area contributed by atoms with Crippen molar-refractivity contribution >= 4 is 17.7 Å². The lowest BCUT2D eigenvalue weighted by molar-refractivity contribution is -0.166. The average Bonchev–Trinajstić information content (AvgIpc) is 2.32. The molecule has 1 rings (SSSR count). The minimum Gasteiger partial charge on any atom is -0.496 e. The van der Waals surface area contributed by atoms with Gasteiger partial charge in [0.2, 0.25) is 0 Å². The highest BCUT2D eigenvalue weighted by atomic mass is 16.6. The quantitative estimate of drug-likeness (QED) is 0.584. The van der Waals surface area contributed by atoms with Crippen LogP contribution in [0.15, 0.2) is 23.5 Å². The van der Waals surface area contributed by atoms with Crippen molar-refractivity contribution in [3.8, 4) is 0 Å². The summed E-state index contributed by atoms with van der Waals surface area (Å²) < 4.78 is 15.6. The summed E-state index contributed by atoms with van der Waals surface area (Å²) >= 11 is 0. The Kier molecular flexibility index (Phi) is 5.17. The van der Waals surface area contributed by atoms with Gasteiger partial charge in [-0.05, 0) is 46.8 Å². The monoisotopic (exact) mass is 310 g/mol. The third-order valence-electron chi connectivity index (χ3n) is 2.95. The average molecular weight is 310 g/mol. The maximum Gasteiger partial charge on any atom is 0.318 e. The first-order valence-electron chi connectivity index (χ1n) is 6.91. The molecule has 0 aromatic heterocycles. The van der Waals surface area contributed by atoms with E-state index in [1.165, 1.54) is 19.3 Å². The van der Waals surface area contributed by atoms with Crippen LogP contribution in [0.4, 0.5) is 0 Å². The van der Waals surface area contributed by atoms with E-state index in [2.05, 4.69) is 0 Å². The van der Waals surface area contributed by atoms with E-state index in [0.29, 0.717) is 5.57 Å². The Hall–Kier alpha value is -2.11. The first-order valence-corrected chi connectivity index (χ1v) is 6.91.